The van der Waals surface area contributed by atoms with Crippen LogP contribution >= 0.6 is 12.4 Å². The summed E-state index contributed by atoms with van der Waals surface area (Å²) < 4.78 is 10.5. The molecule has 0 aliphatic heterocycles. The molecule has 0 bridgehead atoms. The molecule has 1 aromatic carbocycles. The van der Waals surface area contributed by atoms with Crippen molar-refractivity contribution in [1.29, 1.82) is 0 Å². The van der Waals surface area contributed by atoms with Crippen LogP contribution in [0.25, 0.3) is 0 Å². The van der Waals surface area contributed by atoms with Gasteiger partial charge in [-0.25, -0.2) is 0 Å². The summed E-state index contributed by atoms with van der Waals surface area (Å²) in [5.74, 6) is 2.26. The first-order valence-corrected chi connectivity index (χ1v) is 6.05. The SMILES string of the molecule is COc1cc(OC)cc([C@H](N)CCC(C)C)c1.Cl. The minimum Gasteiger partial charge on any atom is -0.497 e. The van der Waals surface area contributed by atoms with Crippen LogP contribution in [0, 0.1) is 5.92 Å². The highest BCUT2D eigenvalue weighted by Gasteiger charge is 2.10. The third-order valence-corrected chi connectivity index (χ3v) is 2.86. The molecule has 0 spiro atoms. The minimum absolute atomic E-state index is 0. The Morgan fingerprint density at radius 3 is 1.89 bits per heavy atom. The number of benzene rings is 1. The summed E-state index contributed by atoms with van der Waals surface area (Å²) in [6.45, 7) is 4.41. The average Bonchev–Trinajstić information content (AvgIpc) is 2.34. The highest BCUT2D eigenvalue weighted by Crippen LogP contribution is 2.27. The Kier molecular flexibility index (Phi) is 7.80. The van der Waals surface area contributed by atoms with Crippen LogP contribution in [0.3, 0.4) is 0 Å². The standard InChI is InChI=1S/C14H23NO2.ClH/c1-10(2)5-6-14(15)11-7-12(16-3)9-13(8-11)17-4;/h7-10,14H,5-6,15H2,1-4H3;1H/t14-;/m1./s1. The summed E-state index contributed by atoms with van der Waals surface area (Å²) in [5.41, 5.74) is 7.25. The number of nitrogens with two attached hydrogens (primary N) is 1. The zero-order chi connectivity index (χ0) is 12.8. The van der Waals surface area contributed by atoms with E-state index in [9.17, 15) is 0 Å². The number of rotatable bonds is 6. The van der Waals surface area contributed by atoms with Crippen molar-refractivity contribution in [1.82, 2.24) is 0 Å². The lowest BCUT2D eigenvalue weighted by Gasteiger charge is -2.15. The van der Waals surface area contributed by atoms with E-state index in [1.165, 1.54) is 0 Å². The monoisotopic (exact) mass is 273 g/mol. The minimum atomic E-state index is 0. The fourth-order valence-corrected chi connectivity index (χ4v) is 1.72. The Hall–Kier alpha value is -0.930. The summed E-state index contributed by atoms with van der Waals surface area (Å²) in [6, 6.07) is 5.86. The van der Waals surface area contributed by atoms with Gasteiger partial charge in [-0.1, -0.05) is 13.8 Å². The van der Waals surface area contributed by atoms with E-state index < -0.39 is 0 Å². The van der Waals surface area contributed by atoms with Crippen molar-refractivity contribution in [3.8, 4) is 11.5 Å². The van der Waals surface area contributed by atoms with E-state index in [0.29, 0.717) is 5.92 Å². The molecule has 104 valence electrons. The van der Waals surface area contributed by atoms with E-state index in [2.05, 4.69) is 13.8 Å². The van der Waals surface area contributed by atoms with Crippen LogP contribution in [0.15, 0.2) is 18.2 Å². The van der Waals surface area contributed by atoms with Gasteiger partial charge in [0.15, 0.2) is 0 Å². The Bertz CT molecular complexity index is 333. The molecule has 0 fully saturated rings. The lowest BCUT2D eigenvalue weighted by molar-refractivity contribution is 0.392. The molecule has 1 aromatic rings. The van der Waals surface area contributed by atoms with Gasteiger partial charge >= 0.3 is 0 Å². The molecule has 0 saturated heterocycles. The van der Waals surface area contributed by atoms with Crippen molar-refractivity contribution in [2.75, 3.05) is 14.2 Å². The quantitative estimate of drug-likeness (QED) is 0.862. The van der Waals surface area contributed by atoms with Gasteiger partial charge in [0.2, 0.25) is 0 Å². The maximum Gasteiger partial charge on any atom is 0.122 e. The van der Waals surface area contributed by atoms with Crippen LogP contribution in [0.1, 0.15) is 38.3 Å². The second kappa shape index (κ2) is 8.22. The molecular formula is C14H24ClNO2. The predicted molar refractivity (Wildman–Crippen MR) is 77.8 cm³/mol. The molecule has 3 nitrogen and oxygen atoms in total. The van der Waals surface area contributed by atoms with Gasteiger partial charge in [0.25, 0.3) is 0 Å². The highest BCUT2D eigenvalue weighted by molar-refractivity contribution is 5.85. The highest BCUT2D eigenvalue weighted by atomic mass is 35.5. The fourth-order valence-electron chi connectivity index (χ4n) is 1.72. The van der Waals surface area contributed by atoms with Crippen molar-refractivity contribution < 1.29 is 9.47 Å². The normalized spacial score (nSPS) is 11.9. The molecule has 0 heterocycles. The zero-order valence-electron chi connectivity index (χ0n) is 11.6. The molecular weight excluding hydrogens is 250 g/mol. The molecule has 1 rings (SSSR count). The van der Waals surface area contributed by atoms with Crippen LogP contribution in [0.4, 0.5) is 0 Å². The van der Waals surface area contributed by atoms with E-state index in [0.717, 1.165) is 29.9 Å². The first-order chi connectivity index (χ1) is 8.06. The molecule has 0 unspecified atom stereocenters. The zero-order valence-corrected chi connectivity index (χ0v) is 12.4. The summed E-state index contributed by atoms with van der Waals surface area (Å²) in [6.07, 6.45) is 2.11. The molecule has 4 heteroatoms. The average molecular weight is 274 g/mol. The van der Waals surface area contributed by atoms with Gasteiger partial charge in [-0.15, -0.1) is 12.4 Å². The van der Waals surface area contributed by atoms with Gasteiger partial charge in [-0.05, 0) is 36.5 Å². The molecule has 2 N–H and O–H groups in total. The van der Waals surface area contributed by atoms with Gasteiger partial charge < -0.3 is 15.2 Å². The van der Waals surface area contributed by atoms with Crippen molar-refractivity contribution >= 4 is 12.4 Å². The molecule has 1 atom stereocenters. The Labute approximate surface area is 116 Å². The van der Waals surface area contributed by atoms with E-state index >= 15 is 0 Å². The van der Waals surface area contributed by atoms with E-state index in [1.807, 2.05) is 18.2 Å². The molecule has 0 aliphatic carbocycles. The number of methoxy groups -OCH3 is 2. The first-order valence-electron chi connectivity index (χ1n) is 6.05. The molecule has 0 aliphatic rings. The maximum atomic E-state index is 6.18. The van der Waals surface area contributed by atoms with Crippen LogP contribution < -0.4 is 15.2 Å². The third kappa shape index (κ3) is 5.15. The molecule has 18 heavy (non-hydrogen) atoms. The Balaban J connectivity index is 0.00000289. The van der Waals surface area contributed by atoms with E-state index in [4.69, 9.17) is 15.2 Å². The fraction of sp³-hybridized carbons (Fsp3) is 0.571. The van der Waals surface area contributed by atoms with Gasteiger partial charge in [0.1, 0.15) is 11.5 Å². The van der Waals surface area contributed by atoms with Gasteiger partial charge in [-0.3, -0.25) is 0 Å². The first kappa shape index (κ1) is 17.1. The van der Waals surface area contributed by atoms with Gasteiger partial charge in [0.05, 0.1) is 14.2 Å². The second-order valence-corrected chi connectivity index (χ2v) is 4.72. The third-order valence-electron chi connectivity index (χ3n) is 2.86. The topological polar surface area (TPSA) is 44.5 Å². The Morgan fingerprint density at radius 2 is 1.50 bits per heavy atom. The molecule has 0 radical (unpaired) electrons. The maximum absolute atomic E-state index is 6.18. The summed E-state index contributed by atoms with van der Waals surface area (Å²) >= 11 is 0. The van der Waals surface area contributed by atoms with Gasteiger partial charge in [0, 0.05) is 12.1 Å². The number of halogens is 1. The predicted octanol–water partition coefficient (Wildman–Crippen LogP) is 3.56. The molecule has 0 aromatic heterocycles. The van der Waals surface area contributed by atoms with Crippen molar-refractivity contribution in [2.45, 2.75) is 32.7 Å². The summed E-state index contributed by atoms with van der Waals surface area (Å²) in [4.78, 5) is 0. The van der Waals surface area contributed by atoms with Crippen molar-refractivity contribution in [3.63, 3.8) is 0 Å². The van der Waals surface area contributed by atoms with Crippen molar-refractivity contribution in [2.24, 2.45) is 11.7 Å². The van der Waals surface area contributed by atoms with Crippen LogP contribution in [0.2, 0.25) is 0 Å². The van der Waals surface area contributed by atoms with Crippen LogP contribution in [0.5, 0.6) is 11.5 Å². The largest absolute Gasteiger partial charge is 0.497 e. The van der Waals surface area contributed by atoms with E-state index in [1.54, 1.807) is 14.2 Å². The van der Waals surface area contributed by atoms with E-state index in [-0.39, 0.29) is 18.4 Å². The number of hydrogen-bond acceptors (Lipinski definition) is 3. The molecule has 0 saturated carbocycles. The second-order valence-electron chi connectivity index (χ2n) is 4.72. The Morgan fingerprint density at radius 1 is 1.00 bits per heavy atom. The summed E-state index contributed by atoms with van der Waals surface area (Å²) in [7, 11) is 3.30. The number of hydrogen-bond donors (Lipinski definition) is 1. The van der Waals surface area contributed by atoms with Crippen LogP contribution in [-0.4, -0.2) is 14.2 Å². The van der Waals surface area contributed by atoms with Crippen molar-refractivity contribution in [3.05, 3.63) is 23.8 Å². The molecule has 0 amide bonds. The lowest BCUT2D eigenvalue weighted by Crippen LogP contribution is -2.11. The number of ether oxygens (including phenoxy) is 2. The lowest BCUT2D eigenvalue weighted by atomic mass is 9.98. The smallest absolute Gasteiger partial charge is 0.122 e. The van der Waals surface area contributed by atoms with Crippen LogP contribution in [-0.2, 0) is 0 Å². The summed E-state index contributed by atoms with van der Waals surface area (Å²) in [5, 5.41) is 0. The van der Waals surface area contributed by atoms with Gasteiger partial charge in [-0.2, -0.15) is 0 Å².